The van der Waals surface area contributed by atoms with E-state index in [0.717, 1.165) is 23.8 Å². The van der Waals surface area contributed by atoms with Crippen molar-refractivity contribution in [2.75, 3.05) is 12.4 Å². The number of nitriles is 1. The molecule has 0 heterocycles. The summed E-state index contributed by atoms with van der Waals surface area (Å²) < 4.78 is 5.13. The largest absolute Gasteiger partial charge is 0.497 e. The predicted molar refractivity (Wildman–Crippen MR) is 65.8 cm³/mol. The summed E-state index contributed by atoms with van der Waals surface area (Å²) in [7, 11) is 1.66. The number of rotatable bonds is 3. The molecule has 0 aromatic heterocycles. The minimum Gasteiger partial charge on any atom is -0.497 e. The Morgan fingerprint density at radius 3 is 2.65 bits per heavy atom. The third-order valence-electron chi connectivity index (χ3n) is 4.12. The van der Waals surface area contributed by atoms with Crippen molar-refractivity contribution in [3.63, 3.8) is 0 Å². The van der Waals surface area contributed by atoms with Crippen LogP contribution in [0.1, 0.15) is 19.3 Å². The van der Waals surface area contributed by atoms with Crippen LogP contribution in [0.25, 0.3) is 0 Å². The van der Waals surface area contributed by atoms with Crippen molar-refractivity contribution >= 4 is 5.69 Å². The molecule has 3 nitrogen and oxygen atoms in total. The van der Waals surface area contributed by atoms with E-state index in [1.54, 1.807) is 7.11 Å². The topological polar surface area (TPSA) is 45.0 Å². The fourth-order valence-electron chi connectivity index (χ4n) is 3.02. The van der Waals surface area contributed by atoms with Crippen LogP contribution in [0.4, 0.5) is 5.69 Å². The highest BCUT2D eigenvalue weighted by Crippen LogP contribution is 2.58. The van der Waals surface area contributed by atoms with E-state index in [1.807, 2.05) is 24.3 Å². The lowest BCUT2D eigenvalue weighted by Crippen LogP contribution is -2.36. The van der Waals surface area contributed by atoms with Gasteiger partial charge in [-0.3, -0.25) is 0 Å². The number of methoxy groups -OCH3 is 1. The van der Waals surface area contributed by atoms with Gasteiger partial charge in [0.05, 0.1) is 13.2 Å². The average molecular weight is 228 g/mol. The minimum atomic E-state index is -0.320. The minimum absolute atomic E-state index is 0.320. The highest BCUT2D eigenvalue weighted by atomic mass is 16.5. The molecule has 1 N–H and O–H groups in total. The quantitative estimate of drug-likeness (QED) is 0.865. The number of anilines is 1. The first-order valence-electron chi connectivity index (χ1n) is 6.11. The van der Waals surface area contributed by atoms with E-state index < -0.39 is 0 Å². The van der Waals surface area contributed by atoms with Gasteiger partial charge in [-0.1, -0.05) is 0 Å². The lowest BCUT2D eigenvalue weighted by atomic mass is 9.94. The van der Waals surface area contributed by atoms with Crippen molar-refractivity contribution in [1.29, 1.82) is 5.26 Å². The SMILES string of the molecule is COc1ccc(NC2(C#N)CCC3CC32)cc1. The summed E-state index contributed by atoms with van der Waals surface area (Å²) in [6.07, 6.45) is 3.39. The smallest absolute Gasteiger partial charge is 0.128 e. The Morgan fingerprint density at radius 2 is 2.18 bits per heavy atom. The lowest BCUT2D eigenvalue weighted by Gasteiger charge is -2.25. The van der Waals surface area contributed by atoms with Gasteiger partial charge in [0.25, 0.3) is 0 Å². The summed E-state index contributed by atoms with van der Waals surface area (Å²) in [5, 5.41) is 12.9. The molecule has 2 saturated carbocycles. The summed E-state index contributed by atoms with van der Waals surface area (Å²) in [6, 6.07) is 10.3. The van der Waals surface area contributed by atoms with Gasteiger partial charge in [-0.15, -0.1) is 0 Å². The van der Waals surface area contributed by atoms with Gasteiger partial charge < -0.3 is 10.1 Å². The highest BCUT2D eigenvalue weighted by molar-refractivity contribution is 5.51. The maximum absolute atomic E-state index is 9.44. The molecule has 88 valence electrons. The number of nitrogens with one attached hydrogen (secondary N) is 1. The van der Waals surface area contributed by atoms with Gasteiger partial charge in [0.2, 0.25) is 0 Å². The van der Waals surface area contributed by atoms with Crippen LogP contribution in [0.2, 0.25) is 0 Å². The molecule has 3 unspecified atom stereocenters. The Labute approximate surface area is 101 Å². The molecule has 1 aromatic carbocycles. The molecule has 1 aromatic rings. The van der Waals surface area contributed by atoms with Gasteiger partial charge in [-0.2, -0.15) is 5.26 Å². The molecule has 3 rings (SSSR count). The number of fused-ring (bicyclic) bond motifs is 1. The molecule has 0 spiro atoms. The van der Waals surface area contributed by atoms with E-state index in [1.165, 1.54) is 12.8 Å². The molecular formula is C14H16N2O. The summed E-state index contributed by atoms with van der Waals surface area (Å²) in [6.45, 7) is 0. The average Bonchev–Trinajstić information content (AvgIpc) is 3.09. The van der Waals surface area contributed by atoms with Gasteiger partial charge >= 0.3 is 0 Å². The molecule has 2 aliphatic rings. The van der Waals surface area contributed by atoms with Crippen molar-refractivity contribution < 1.29 is 4.74 Å². The molecule has 3 heteroatoms. The molecule has 0 bridgehead atoms. The fraction of sp³-hybridized carbons (Fsp3) is 0.500. The second-order valence-corrected chi connectivity index (χ2v) is 5.08. The van der Waals surface area contributed by atoms with Crippen LogP contribution in [0.5, 0.6) is 5.75 Å². The van der Waals surface area contributed by atoms with Gasteiger partial charge in [0.1, 0.15) is 11.3 Å². The van der Waals surface area contributed by atoms with E-state index in [4.69, 9.17) is 4.74 Å². The predicted octanol–water partition coefficient (Wildman–Crippen LogP) is 2.80. The summed E-state index contributed by atoms with van der Waals surface area (Å²) in [4.78, 5) is 0. The van der Waals surface area contributed by atoms with E-state index in [9.17, 15) is 5.26 Å². The molecule has 17 heavy (non-hydrogen) atoms. The molecule has 0 aliphatic heterocycles. The second kappa shape index (κ2) is 3.66. The molecule has 2 fully saturated rings. The van der Waals surface area contributed by atoms with Crippen LogP contribution in [0, 0.1) is 23.2 Å². The first-order chi connectivity index (χ1) is 8.27. The molecule has 0 radical (unpaired) electrons. The Balaban J connectivity index is 1.79. The maximum Gasteiger partial charge on any atom is 0.128 e. The number of ether oxygens (including phenoxy) is 1. The van der Waals surface area contributed by atoms with Crippen molar-refractivity contribution in [3.05, 3.63) is 24.3 Å². The summed E-state index contributed by atoms with van der Waals surface area (Å²) in [5.74, 6) is 2.20. The van der Waals surface area contributed by atoms with E-state index in [-0.39, 0.29) is 5.54 Å². The first kappa shape index (κ1) is 10.5. The Hall–Kier alpha value is -1.69. The third kappa shape index (κ3) is 1.64. The van der Waals surface area contributed by atoms with E-state index in [2.05, 4.69) is 11.4 Å². The number of hydrogen-bond donors (Lipinski definition) is 1. The summed E-state index contributed by atoms with van der Waals surface area (Å²) >= 11 is 0. The van der Waals surface area contributed by atoms with Crippen LogP contribution >= 0.6 is 0 Å². The Bertz CT molecular complexity index is 462. The van der Waals surface area contributed by atoms with Crippen molar-refractivity contribution in [1.82, 2.24) is 0 Å². The van der Waals surface area contributed by atoms with Crippen LogP contribution in [0.3, 0.4) is 0 Å². The number of hydrogen-bond acceptors (Lipinski definition) is 3. The molecule has 3 atom stereocenters. The van der Waals surface area contributed by atoms with Crippen LogP contribution in [-0.4, -0.2) is 12.6 Å². The lowest BCUT2D eigenvalue weighted by molar-refractivity contribution is 0.415. The molecule has 2 aliphatic carbocycles. The van der Waals surface area contributed by atoms with Crippen LogP contribution in [-0.2, 0) is 0 Å². The summed E-state index contributed by atoms with van der Waals surface area (Å²) in [5.41, 5.74) is 0.694. The maximum atomic E-state index is 9.44. The van der Waals surface area contributed by atoms with E-state index in [0.29, 0.717) is 5.92 Å². The first-order valence-corrected chi connectivity index (χ1v) is 6.11. The Morgan fingerprint density at radius 1 is 1.41 bits per heavy atom. The number of nitrogens with zero attached hydrogens (tertiary/aromatic N) is 1. The second-order valence-electron chi connectivity index (χ2n) is 5.08. The molecule has 0 amide bonds. The molecular weight excluding hydrogens is 212 g/mol. The molecule has 0 saturated heterocycles. The standard InChI is InChI=1S/C14H16N2O/c1-17-12-4-2-11(3-5-12)16-14(9-15)7-6-10-8-13(10)14/h2-5,10,13,16H,6-8H2,1H3. The fourth-order valence-corrected chi connectivity index (χ4v) is 3.02. The van der Waals surface area contributed by atoms with Gasteiger partial charge in [0.15, 0.2) is 0 Å². The normalized spacial score (nSPS) is 33.6. The van der Waals surface area contributed by atoms with Crippen LogP contribution in [0.15, 0.2) is 24.3 Å². The highest BCUT2D eigenvalue weighted by Gasteiger charge is 2.58. The van der Waals surface area contributed by atoms with Crippen molar-refractivity contribution in [2.24, 2.45) is 11.8 Å². The zero-order chi connectivity index (χ0) is 11.9. The van der Waals surface area contributed by atoms with Gasteiger partial charge in [0, 0.05) is 5.69 Å². The van der Waals surface area contributed by atoms with Gasteiger partial charge in [-0.25, -0.2) is 0 Å². The zero-order valence-electron chi connectivity index (χ0n) is 9.94. The monoisotopic (exact) mass is 228 g/mol. The van der Waals surface area contributed by atoms with Crippen molar-refractivity contribution in [3.8, 4) is 11.8 Å². The third-order valence-corrected chi connectivity index (χ3v) is 4.12. The zero-order valence-corrected chi connectivity index (χ0v) is 9.94. The van der Waals surface area contributed by atoms with Crippen molar-refractivity contribution in [2.45, 2.75) is 24.8 Å². The van der Waals surface area contributed by atoms with E-state index >= 15 is 0 Å². The Kier molecular flexibility index (Phi) is 2.25. The van der Waals surface area contributed by atoms with Crippen LogP contribution < -0.4 is 10.1 Å². The van der Waals surface area contributed by atoms with Gasteiger partial charge in [-0.05, 0) is 55.4 Å². The number of benzene rings is 1.